The molecule has 0 saturated carbocycles. The zero-order valence-corrected chi connectivity index (χ0v) is 13.6. The van der Waals surface area contributed by atoms with Gasteiger partial charge in [0.1, 0.15) is 17.3 Å². The summed E-state index contributed by atoms with van der Waals surface area (Å²) >= 11 is 4.50. The molecule has 1 aromatic carbocycles. The summed E-state index contributed by atoms with van der Waals surface area (Å²) in [5.74, 6) is 0.192. The second-order valence-corrected chi connectivity index (χ2v) is 5.72. The van der Waals surface area contributed by atoms with Crippen molar-refractivity contribution in [3.8, 4) is 5.75 Å². The van der Waals surface area contributed by atoms with E-state index in [1.165, 1.54) is 17.6 Å². The van der Waals surface area contributed by atoms with Crippen LogP contribution < -0.4 is 10.1 Å². The number of nitro benzene ring substituents is 1. The largest absolute Gasteiger partial charge is 0.479 e. The van der Waals surface area contributed by atoms with Gasteiger partial charge in [-0.05, 0) is 28.4 Å². The second kappa shape index (κ2) is 7.32. The van der Waals surface area contributed by atoms with Crippen molar-refractivity contribution in [1.82, 2.24) is 9.59 Å². The summed E-state index contributed by atoms with van der Waals surface area (Å²) in [6.07, 6.45) is 0.980. The van der Waals surface area contributed by atoms with Crippen LogP contribution in [0.5, 0.6) is 5.75 Å². The maximum absolute atomic E-state index is 11.0. The molecule has 0 aliphatic heterocycles. The van der Waals surface area contributed by atoms with Crippen LogP contribution in [0.3, 0.4) is 0 Å². The van der Waals surface area contributed by atoms with Gasteiger partial charge < -0.3 is 10.1 Å². The smallest absolute Gasteiger partial charge is 0.312 e. The third kappa shape index (κ3) is 3.88. The topological polar surface area (TPSA) is 90.2 Å². The molecule has 1 heterocycles. The third-order valence-corrected chi connectivity index (χ3v) is 3.94. The van der Waals surface area contributed by atoms with Gasteiger partial charge in [-0.25, -0.2) is 0 Å². The van der Waals surface area contributed by atoms with E-state index in [9.17, 15) is 10.1 Å². The molecule has 1 aromatic heterocycles. The number of hydrogen-bond acceptors (Lipinski definition) is 7. The van der Waals surface area contributed by atoms with Crippen LogP contribution in [0.4, 0.5) is 10.7 Å². The number of aromatic nitrogens is 2. The average Bonchev–Trinajstić information content (AvgIpc) is 2.90. The minimum Gasteiger partial charge on any atom is -0.479 e. The maximum Gasteiger partial charge on any atom is 0.312 e. The SMILES string of the molecule is CCCNc1snnc1COc1c(Br)cccc1[N+](=O)[O-]. The van der Waals surface area contributed by atoms with E-state index in [1.54, 1.807) is 12.1 Å². The zero-order valence-electron chi connectivity index (χ0n) is 11.2. The fourth-order valence-electron chi connectivity index (χ4n) is 1.60. The highest BCUT2D eigenvalue weighted by molar-refractivity contribution is 9.10. The number of halogens is 1. The van der Waals surface area contributed by atoms with E-state index in [2.05, 4.69) is 37.8 Å². The molecule has 2 rings (SSSR count). The first kappa shape index (κ1) is 15.6. The van der Waals surface area contributed by atoms with Gasteiger partial charge in [0.15, 0.2) is 0 Å². The summed E-state index contributed by atoms with van der Waals surface area (Å²) in [4.78, 5) is 10.5. The highest BCUT2D eigenvalue weighted by Gasteiger charge is 2.19. The predicted octanol–water partition coefficient (Wildman–Crippen LogP) is 3.61. The molecule has 2 aromatic rings. The van der Waals surface area contributed by atoms with Crippen molar-refractivity contribution in [3.63, 3.8) is 0 Å². The molecule has 1 N–H and O–H groups in total. The Hall–Kier alpha value is -1.74. The highest BCUT2D eigenvalue weighted by Crippen LogP contribution is 2.35. The summed E-state index contributed by atoms with van der Waals surface area (Å²) in [5.41, 5.74) is 0.550. The molecule has 0 atom stereocenters. The van der Waals surface area contributed by atoms with E-state index in [-0.39, 0.29) is 18.0 Å². The molecule has 0 fully saturated rings. The van der Waals surface area contributed by atoms with Crippen LogP contribution in [0.25, 0.3) is 0 Å². The molecule has 21 heavy (non-hydrogen) atoms. The third-order valence-electron chi connectivity index (χ3n) is 2.59. The summed E-state index contributed by atoms with van der Waals surface area (Å²) in [5, 5.41) is 19.0. The molecular formula is C12H13BrN4O3S. The molecule has 0 aliphatic carbocycles. The fourth-order valence-corrected chi connectivity index (χ4v) is 2.66. The van der Waals surface area contributed by atoms with Gasteiger partial charge >= 0.3 is 5.69 Å². The first-order chi connectivity index (χ1) is 10.1. The van der Waals surface area contributed by atoms with Crippen molar-refractivity contribution in [2.75, 3.05) is 11.9 Å². The molecule has 0 spiro atoms. The standard InChI is InChI=1S/C12H13BrN4O3S/c1-2-6-14-12-9(15-16-21-12)7-20-11-8(13)4-3-5-10(11)17(18)19/h3-5,14H,2,6-7H2,1H3. The van der Waals surface area contributed by atoms with E-state index in [1.807, 2.05) is 0 Å². The molecular weight excluding hydrogens is 360 g/mol. The van der Waals surface area contributed by atoms with Gasteiger partial charge in [-0.2, -0.15) is 0 Å². The maximum atomic E-state index is 11.0. The number of hydrogen-bond donors (Lipinski definition) is 1. The number of anilines is 1. The minimum absolute atomic E-state index is 0.0874. The summed E-state index contributed by atoms with van der Waals surface area (Å²) in [6, 6.07) is 4.68. The summed E-state index contributed by atoms with van der Waals surface area (Å²) in [6.45, 7) is 2.99. The summed E-state index contributed by atoms with van der Waals surface area (Å²) in [7, 11) is 0. The van der Waals surface area contributed by atoms with E-state index in [0.29, 0.717) is 10.2 Å². The Kier molecular flexibility index (Phi) is 5.45. The predicted molar refractivity (Wildman–Crippen MR) is 83.8 cm³/mol. The lowest BCUT2D eigenvalue weighted by molar-refractivity contribution is -0.386. The Morgan fingerprint density at radius 3 is 3.05 bits per heavy atom. The van der Waals surface area contributed by atoms with Crippen LogP contribution in [0.2, 0.25) is 0 Å². The van der Waals surface area contributed by atoms with Crippen LogP contribution >= 0.6 is 27.5 Å². The van der Waals surface area contributed by atoms with E-state index in [0.717, 1.165) is 18.0 Å². The van der Waals surface area contributed by atoms with Gasteiger partial charge in [0, 0.05) is 24.1 Å². The Morgan fingerprint density at radius 2 is 2.33 bits per heavy atom. The van der Waals surface area contributed by atoms with E-state index >= 15 is 0 Å². The molecule has 0 unspecified atom stereocenters. The molecule has 112 valence electrons. The lowest BCUT2D eigenvalue weighted by Crippen LogP contribution is -2.05. The van der Waals surface area contributed by atoms with Gasteiger partial charge in [0.05, 0.1) is 9.40 Å². The van der Waals surface area contributed by atoms with Crippen LogP contribution in [0, 0.1) is 10.1 Å². The number of rotatable bonds is 7. The van der Waals surface area contributed by atoms with Crippen LogP contribution in [0.15, 0.2) is 22.7 Å². The molecule has 0 saturated heterocycles. The number of para-hydroxylation sites is 1. The van der Waals surface area contributed by atoms with Gasteiger partial charge in [-0.3, -0.25) is 10.1 Å². The lowest BCUT2D eigenvalue weighted by Gasteiger charge is -2.08. The quantitative estimate of drug-likeness (QED) is 0.589. The molecule has 0 bridgehead atoms. The molecule has 7 nitrogen and oxygen atoms in total. The minimum atomic E-state index is -0.477. The lowest BCUT2D eigenvalue weighted by atomic mass is 10.3. The second-order valence-electron chi connectivity index (χ2n) is 4.11. The van der Waals surface area contributed by atoms with Gasteiger partial charge in [-0.15, -0.1) is 5.10 Å². The van der Waals surface area contributed by atoms with E-state index < -0.39 is 4.92 Å². The Labute approximate surface area is 133 Å². The molecule has 0 radical (unpaired) electrons. The Bertz CT molecular complexity index is 635. The Morgan fingerprint density at radius 1 is 1.52 bits per heavy atom. The monoisotopic (exact) mass is 372 g/mol. The van der Waals surface area contributed by atoms with Crippen molar-refractivity contribution in [1.29, 1.82) is 0 Å². The van der Waals surface area contributed by atoms with Crippen molar-refractivity contribution in [3.05, 3.63) is 38.5 Å². The number of benzene rings is 1. The van der Waals surface area contributed by atoms with Gasteiger partial charge in [-0.1, -0.05) is 17.5 Å². The fraction of sp³-hybridized carbons (Fsp3) is 0.333. The highest BCUT2D eigenvalue weighted by atomic mass is 79.9. The van der Waals surface area contributed by atoms with Gasteiger partial charge in [0.25, 0.3) is 0 Å². The van der Waals surface area contributed by atoms with Crippen LogP contribution in [-0.2, 0) is 6.61 Å². The Balaban J connectivity index is 2.13. The average molecular weight is 373 g/mol. The number of nitro groups is 1. The molecule has 9 heteroatoms. The summed E-state index contributed by atoms with van der Waals surface area (Å²) < 4.78 is 9.97. The van der Waals surface area contributed by atoms with Crippen molar-refractivity contribution >= 4 is 38.2 Å². The number of nitrogens with zero attached hydrogens (tertiary/aromatic N) is 3. The number of ether oxygens (including phenoxy) is 1. The van der Waals surface area contributed by atoms with Crippen LogP contribution in [0.1, 0.15) is 19.0 Å². The zero-order chi connectivity index (χ0) is 15.2. The van der Waals surface area contributed by atoms with Crippen molar-refractivity contribution in [2.45, 2.75) is 20.0 Å². The number of nitrogens with one attached hydrogen (secondary N) is 1. The van der Waals surface area contributed by atoms with Crippen molar-refractivity contribution < 1.29 is 9.66 Å². The molecule has 0 amide bonds. The van der Waals surface area contributed by atoms with E-state index in [4.69, 9.17) is 4.74 Å². The first-order valence-corrected chi connectivity index (χ1v) is 7.81. The normalized spacial score (nSPS) is 10.4. The first-order valence-electron chi connectivity index (χ1n) is 6.24. The van der Waals surface area contributed by atoms with Gasteiger partial charge in [0.2, 0.25) is 5.75 Å². The molecule has 0 aliphatic rings. The van der Waals surface area contributed by atoms with Crippen molar-refractivity contribution in [2.24, 2.45) is 0 Å². The van der Waals surface area contributed by atoms with Crippen LogP contribution in [-0.4, -0.2) is 21.1 Å².